The number of ether oxygens (including phenoxy) is 2. The standard InChI is InChI=1S/C19H27NO3/c1-3-16(23-18-12-8-7-11-17(18)22-2)19(21)20-14-13-15-9-5-4-6-10-15/h7-9,11-12,16H,3-6,10,13-14H2,1-2H3,(H,20,21)/t16-/m1/s1. The number of allylic oxidation sites excluding steroid dienone is 1. The van der Waals surface area contributed by atoms with E-state index < -0.39 is 6.10 Å². The minimum absolute atomic E-state index is 0.0604. The largest absolute Gasteiger partial charge is 0.493 e. The number of rotatable bonds is 8. The van der Waals surface area contributed by atoms with E-state index in [4.69, 9.17) is 9.47 Å². The van der Waals surface area contributed by atoms with E-state index in [1.807, 2.05) is 31.2 Å². The maximum Gasteiger partial charge on any atom is 0.261 e. The van der Waals surface area contributed by atoms with Crippen LogP contribution in [0.3, 0.4) is 0 Å². The molecule has 1 amide bonds. The molecule has 0 fully saturated rings. The Morgan fingerprint density at radius 3 is 2.70 bits per heavy atom. The molecule has 0 saturated heterocycles. The fraction of sp³-hybridized carbons (Fsp3) is 0.526. The lowest BCUT2D eigenvalue weighted by molar-refractivity contribution is -0.128. The third-order valence-corrected chi connectivity index (χ3v) is 4.13. The van der Waals surface area contributed by atoms with E-state index in [2.05, 4.69) is 11.4 Å². The van der Waals surface area contributed by atoms with Crippen LogP contribution in [0.5, 0.6) is 11.5 Å². The van der Waals surface area contributed by atoms with Crippen molar-refractivity contribution in [2.24, 2.45) is 0 Å². The van der Waals surface area contributed by atoms with Crippen LogP contribution >= 0.6 is 0 Å². The topological polar surface area (TPSA) is 47.6 Å². The Bertz CT molecular complexity index is 539. The fourth-order valence-corrected chi connectivity index (χ4v) is 2.78. The molecule has 126 valence electrons. The second-order valence-electron chi connectivity index (χ2n) is 5.81. The van der Waals surface area contributed by atoms with Gasteiger partial charge in [-0.3, -0.25) is 4.79 Å². The van der Waals surface area contributed by atoms with Crippen LogP contribution in [0, 0.1) is 0 Å². The first-order valence-electron chi connectivity index (χ1n) is 8.50. The summed E-state index contributed by atoms with van der Waals surface area (Å²) in [5, 5.41) is 2.99. The summed E-state index contributed by atoms with van der Waals surface area (Å²) in [4.78, 5) is 12.3. The van der Waals surface area contributed by atoms with Gasteiger partial charge in [-0.2, -0.15) is 0 Å². The Balaban J connectivity index is 1.84. The van der Waals surface area contributed by atoms with Crippen molar-refractivity contribution in [3.8, 4) is 11.5 Å². The first-order chi connectivity index (χ1) is 11.2. The Morgan fingerprint density at radius 2 is 2.04 bits per heavy atom. The van der Waals surface area contributed by atoms with Crippen molar-refractivity contribution in [2.75, 3.05) is 13.7 Å². The average molecular weight is 317 g/mol. The number of amides is 1. The Kier molecular flexibility index (Phi) is 6.98. The van der Waals surface area contributed by atoms with Crippen molar-refractivity contribution in [2.45, 2.75) is 51.6 Å². The zero-order valence-corrected chi connectivity index (χ0v) is 14.1. The second-order valence-corrected chi connectivity index (χ2v) is 5.81. The number of nitrogens with one attached hydrogen (secondary N) is 1. The highest BCUT2D eigenvalue weighted by molar-refractivity contribution is 5.81. The molecular weight excluding hydrogens is 290 g/mol. The van der Waals surface area contributed by atoms with Crippen LogP contribution in [-0.4, -0.2) is 25.7 Å². The molecular formula is C19H27NO3. The monoisotopic (exact) mass is 317 g/mol. The molecule has 0 aromatic heterocycles. The quantitative estimate of drug-likeness (QED) is 0.741. The highest BCUT2D eigenvalue weighted by Gasteiger charge is 2.19. The molecule has 0 bridgehead atoms. The third kappa shape index (κ3) is 5.31. The number of hydrogen-bond acceptors (Lipinski definition) is 3. The molecule has 1 aliphatic rings. The molecule has 1 aliphatic carbocycles. The van der Waals surface area contributed by atoms with Crippen molar-refractivity contribution >= 4 is 5.91 Å². The minimum Gasteiger partial charge on any atom is -0.493 e. The molecule has 0 saturated carbocycles. The number of para-hydroxylation sites is 2. The molecule has 1 aromatic carbocycles. The van der Waals surface area contributed by atoms with E-state index >= 15 is 0 Å². The van der Waals surface area contributed by atoms with Gasteiger partial charge in [0.15, 0.2) is 17.6 Å². The van der Waals surface area contributed by atoms with Gasteiger partial charge in [-0.05, 0) is 50.7 Å². The summed E-state index contributed by atoms with van der Waals surface area (Å²) in [7, 11) is 1.60. The van der Waals surface area contributed by atoms with Gasteiger partial charge < -0.3 is 14.8 Å². The Labute approximate surface area is 138 Å². The van der Waals surface area contributed by atoms with E-state index in [0.29, 0.717) is 24.5 Å². The van der Waals surface area contributed by atoms with Crippen LogP contribution in [0.25, 0.3) is 0 Å². The van der Waals surface area contributed by atoms with Crippen LogP contribution in [0.4, 0.5) is 0 Å². The lowest BCUT2D eigenvalue weighted by atomic mass is 9.97. The van der Waals surface area contributed by atoms with Crippen LogP contribution in [0.15, 0.2) is 35.9 Å². The van der Waals surface area contributed by atoms with Crippen molar-refractivity contribution in [1.82, 2.24) is 5.32 Å². The minimum atomic E-state index is -0.494. The van der Waals surface area contributed by atoms with Gasteiger partial charge in [0.2, 0.25) is 0 Å². The fourth-order valence-electron chi connectivity index (χ4n) is 2.78. The van der Waals surface area contributed by atoms with Gasteiger partial charge in [0.25, 0.3) is 5.91 Å². The predicted molar refractivity (Wildman–Crippen MR) is 91.9 cm³/mol. The lowest BCUT2D eigenvalue weighted by Crippen LogP contribution is -2.38. The predicted octanol–water partition coefficient (Wildman–Crippen LogP) is 3.86. The van der Waals surface area contributed by atoms with Gasteiger partial charge in [0, 0.05) is 6.54 Å². The van der Waals surface area contributed by atoms with Gasteiger partial charge in [0.1, 0.15) is 0 Å². The summed E-state index contributed by atoms with van der Waals surface area (Å²) in [5.74, 6) is 1.19. The maximum absolute atomic E-state index is 12.3. The van der Waals surface area contributed by atoms with Crippen molar-refractivity contribution < 1.29 is 14.3 Å². The highest BCUT2D eigenvalue weighted by Crippen LogP contribution is 2.27. The molecule has 1 atom stereocenters. The zero-order valence-electron chi connectivity index (χ0n) is 14.1. The maximum atomic E-state index is 12.3. The van der Waals surface area contributed by atoms with Crippen LogP contribution in [0.2, 0.25) is 0 Å². The van der Waals surface area contributed by atoms with E-state index in [1.54, 1.807) is 7.11 Å². The van der Waals surface area contributed by atoms with Crippen molar-refractivity contribution in [1.29, 1.82) is 0 Å². The molecule has 4 heteroatoms. The summed E-state index contributed by atoms with van der Waals surface area (Å²) in [6.07, 6.45) is 8.30. The lowest BCUT2D eigenvalue weighted by Gasteiger charge is -2.19. The van der Waals surface area contributed by atoms with E-state index in [-0.39, 0.29) is 5.91 Å². The zero-order chi connectivity index (χ0) is 16.5. The van der Waals surface area contributed by atoms with Crippen LogP contribution < -0.4 is 14.8 Å². The molecule has 0 unspecified atom stereocenters. The highest BCUT2D eigenvalue weighted by atomic mass is 16.5. The van der Waals surface area contributed by atoms with Crippen molar-refractivity contribution in [3.63, 3.8) is 0 Å². The first-order valence-corrected chi connectivity index (χ1v) is 8.50. The smallest absolute Gasteiger partial charge is 0.261 e. The first kappa shape index (κ1) is 17.4. The van der Waals surface area contributed by atoms with Gasteiger partial charge in [-0.1, -0.05) is 30.7 Å². The van der Waals surface area contributed by atoms with Gasteiger partial charge >= 0.3 is 0 Å². The molecule has 1 aromatic rings. The molecule has 0 heterocycles. The molecule has 0 aliphatic heterocycles. The molecule has 2 rings (SSSR count). The molecule has 0 spiro atoms. The molecule has 0 radical (unpaired) electrons. The Hall–Kier alpha value is -1.97. The van der Waals surface area contributed by atoms with E-state index in [9.17, 15) is 4.79 Å². The number of carbonyl (C=O) groups excluding carboxylic acids is 1. The normalized spacial score (nSPS) is 15.5. The van der Waals surface area contributed by atoms with Crippen LogP contribution in [0.1, 0.15) is 45.4 Å². The number of carbonyl (C=O) groups is 1. The number of hydrogen-bond donors (Lipinski definition) is 1. The third-order valence-electron chi connectivity index (χ3n) is 4.13. The van der Waals surface area contributed by atoms with Gasteiger partial charge in [-0.15, -0.1) is 0 Å². The Morgan fingerprint density at radius 1 is 1.26 bits per heavy atom. The summed E-state index contributed by atoms with van der Waals surface area (Å²) < 4.78 is 11.1. The van der Waals surface area contributed by atoms with Gasteiger partial charge in [0.05, 0.1) is 7.11 Å². The van der Waals surface area contributed by atoms with Crippen LogP contribution in [-0.2, 0) is 4.79 Å². The van der Waals surface area contributed by atoms with E-state index in [0.717, 1.165) is 6.42 Å². The summed E-state index contributed by atoms with van der Waals surface area (Å²) >= 11 is 0. The average Bonchev–Trinajstić information content (AvgIpc) is 2.60. The molecule has 4 nitrogen and oxygen atoms in total. The number of methoxy groups -OCH3 is 1. The van der Waals surface area contributed by atoms with Gasteiger partial charge in [-0.25, -0.2) is 0 Å². The SMILES string of the molecule is CC[C@@H](Oc1ccccc1OC)C(=O)NCCC1=CCCCC1. The second kappa shape index (κ2) is 9.23. The molecule has 1 N–H and O–H groups in total. The number of benzene rings is 1. The molecule has 23 heavy (non-hydrogen) atoms. The van der Waals surface area contributed by atoms with E-state index in [1.165, 1.54) is 31.3 Å². The van der Waals surface area contributed by atoms with Crippen molar-refractivity contribution in [3.05, 3.63) is 35.9 Å². The summed E-state index contributed by atoms with van der Waals surface area (Å²) in [6.45, 7) is 2.62. The summed E-state index contributed by atoms with van der Waals surface area (Å²) in [5.41, 5.74) is 1.47. The summed E-state index contributed by atoms with van der Waals surface area (Å²) in [6, 6.07) is 7.40.